The van der Waals surface area contributed by atoms with Crippen LogP contribution >= 0.6 is 11.6 Å². The van der Waals surface area contributed by atoms with Gasteiger partial charge in [0.05, 0.1) is 69.6 Å². The molecule has 0 aliphatic carbocycles. The van der Waals surface area contributed by atoms with Gasteiger partial charge >= 0.3 is 34.1 Å². The lowest BCUT2D eigenvalue weighted by Gasteiger charge is -2.32. The molecule has 30 nitrogen and oxygen atoms in total. The molecule has 6 aliphatic rings. The number of H-pyrrole nitrogens is 6. The third-order valence-electron chi connectivity index (χ3n) is 25.2. The predicted molar refractivity (Wildman–Crippen MR) is 521 cm³/mol. The number of nitrogens with zero attached hydrogens (tertiary/aromatic N) is 6. The van der Waals surface area contributed by atoms with E-state index in [0.29, 0.717) is 118 Å². The molecule has 0 unspecified atom stereocenters. The minimum atomic E-state index is -0.381. The third-order valence-corrected chi connectivity index (χ3v) is 25.5. The van der Waals surface area contributed by atoms with E-state index in [0.717, 1.165) is 42.4 Å². The van der Waals surface area contributed by atoms with Gasteiger partial charge in [0.15, 0.2) is 0 Å². The van der Waals surface area contributed by atoms with Crippen molar-refractivity contribution in [3.05, 3.63) is 371 Å². The van der Waals surface area contributed by atoms with E-state index in [-0.39, 0.29) is 146 Å². The standard InChI is InChI=1S/5C17H21N3O2.C15H16ClN3O2/c2*1-10(2)20-16(21)13-7-8-14(18-15(13)19-17(20)22)12-6-4-5-11(3)9-12;1-10(2)20-16(21)13-8-9-14(18-15(13)19-17(20)22)12-7-5-4-6-11(12)3;2*1-10(2)20-16(21)13-9-11(3)14(12-7-5-4-6-8-12)18-15(13)19-17(20)22;1-2-19-14(20)10-7-8-12(17-13(10)18-15(19)21)9-5-3-4-6-11(9)16/h2*4-6,9-10,14,18H,7-8H2,1-3H3,(H,19,22);4-7,10,14,18H,8-9H2,1-3H3,(H,19,22);2*4-8,10-11,14,18H,9H2,1-3H3,(H,19,22);3-6,12,17H,2,7-8H2,1H3,(H,18,21)/t3*14-;11-,14+;11-,14-;12-/m101011/s1. The Kier molecular flexibility index (Phi) is 29.8. The molecule has 690 valence electrons. The summed E-state index contributed by atoms with van der Waals surface area (Å²) in [5.74, 6) is 3.92. The number of hydrogen-bond donors (Lipinski definition) is 12. The van der Waals surface area contributed by atoms with Crippen LogP contribution in [0.3, 0.4) is 0 Å². The summed E-state index contributed by atoms with van der Waals surface area (Å²) in [6.07, 6.45) is 7.24. The Morgan fingerprint density at radius 1 is 0.313 bits per heavy atom. The van der Waals surface area contributed by atoms with Crippen LogP contribution in [0, 0.1) is 32.6 Å². The van der Waals surface area contributed by atoms with E-state index < -0.39 is 0 Å². The van der Waals surface area contributed by atoms with Gasteiger partial charge in [0.2, 0.25) is 0 Å². The van der Waals surface area contributed by atoms with E-state index in [2.05, 4.69) is 169 Å². The highest BCUT2D eigenvalue weighted by Crippen LogP contribution is 2.39. The van der Waals surface area contributed by atoms with Crippen LogP contribution in [0.15, 0.2) is 215 Å². The van der Waals surface area contributed by atoms with Gasteiger partial charge in [-0.25, -0.2) is 28.8 Å². The number of aromatic amines is 6. The van der Waals surface area contributed by atoms with Crippen molar-refractivity contribution in [2.24, 2.45) is 11.8 Å². The Morgan fingerprint density at radius 3 is 0.931 bits per heavy atom. The van der Waals surface area contributed by atoms with E-state index in [1.807, 2.05) is 154 Å². The molecule has 0 spiro atoms. The number of fused-ring (bicyclic) bond motifs is 6. The van der Waals surface area contributed by atoms with Gasteiger partial charge < -0.3 is 31.9 Å². The molecule has 6 aromatic carbocycles. The number of aromatic nitrogens is 12. The number of halogens is 1. The van der Waals surface area contributed by atoms with Crippen LogP contribution in [0.4, 0.5) is 34.9 Å². The van der Waals surface area contributed by atoms with Crippen molar-refractivity contribution >= 4 is 46.5 Å². The highest BCUT2D eigenvalue weighted by Gasteiger charge is 2.35. The zero-order chi connectivity index (χ0) is 94.2. The van der Waals surface area contributed by atoms with Crippen molar-refractivity contribution in [1.29, 1.82) is 0 Å². The number of anilines is 6. The maximum atomic E-state index is 12.6. The first-order valence-corrected chi connectivity index (χ1v) is 45.8. The monoisotopic (exact) mass is 1800 g/mol. The molecule has 0 bridgehead atoms. The molecule has 0 saturated carbocycles. The highest BCUT2D eigenvalue weighted by atomic mass is 35.5. The maximum Gasteiger partial charge on any atom is 0.330 e. The van der Waals surface area contributed by atoms with Crippen LogP contribution in [0.25, 0.3) is 0 Å². The summed E-state index contributed by atoms with van der Waals surface area (Å²) in [7, 11) is 0. The number of nitrogens with one attached hydrogen (secondary N) is 12. The maximum absolute atomic E-state index is 12.6. The van der Waals surface area contributed by atoms with E-state index in [1.54, 1.807) is 6.92 Å². The van der Waals surface area contributed by atoms with Crippen LogP contribution in [-0.2, 0) is 45.1 Å². The Bertz CT molecular complexity index is 6690. The zero-order valence-electron chi connectivity index (χ0n) is 77.3. The normalized spacial score (nSPS) is 18.3. The minimum absolute atomic E-state index is 0.00118. The molecule has 12 heterocycles. The molecule has 6 aliphatic heterocycles. The van der Waals surface area contributed by atoms with Crippen LogP contribution in [0.5, 0.6) is 0 Å². The van der Waals surface area contributed by atoms with Crippen molar-refractivity contribution in [3.8, 4) is 0 Å². The molecule has 0 radical (unpaired) electrons. The predicted octanol–water partition coefficient (Wildman–Crippen LogP) is 14.8. The highest BCUT2D eigenvalue weighted by molar-refractivity contribution is 6.31. The summed E-state index contributed by atoms with van der Waals surface area (Å²) in [5, 5.41) is 20.6. The number of rotatable bonds is 12. The minimum Gasteiger partial charge on any atom is -0.364 e. The smallest absolute Gasteiger partial charge is 0.330 e. The summed E-state index contributed by atoms with van der Waals surface area (Å²) in [6.45, 7) is 31.0. The molecule has 0 fully saturated rings. The molecular formula is C100H121ClN18O12. The van der Waals surface area contributed by atoms with Crippen LogP contribution < -0.4 is 99.4 Å². The van der Waals surface area contributed by atoms with Gasteiger partial charge in [0.1, 0.15) is 34.9 Å². The van der Waals surface area contributed by atoms with Gasteiger partial charge in [-0.05, 0) is 218 Å². The van der Waals surface area contributed by atoms with Gasteiger partial charge in [0, 0.05) is 41.8 Å². The Balaban J connectivity index is 0.000000134. The van der Waals surface area contributed by atoms with E-state index in [4.69, 9.17) is 11.6 Å². The summed E-state index contributed by atoms with van der Waals surface area (Å²) in [4.78, 5) is 164. The molecule has 8 atom stereocenters. The average molecular weight is 1800 g/mol. The van der Waals surface area contributed by atoms with Gasteiger partial charge in [-0.15, -0.1) is 0 Å². The summed E-state index contributed by atoms with van der Waals surface area (Å²) < 4.78 is 7.65. The lowest BCUT2D eigenvalue weighted by atomic mass is 9.86. The second-order valence-corrected chi connectivity index (χ2v) is 36.6. The topological polar surface area (TPSA) is 401 Å². The molecule has 131 heavy (non-hydrogen) atoms. The summed E-state index contributed by atoms with van der Waals surface area (Å²) in [6, 6.07) is 52.4. The summed E-state index contributed by atoms with van der Waals surface area (Å²) >= 11 is 6.22. The van der Waals surface area contributed by atoms with Crippen molar-refractivity contribution < 1.29 is 0 Å². The quantitative estimate of drug-likeness (QED) is 0.0540. The molecule has 0 amide bonds. The zero-order valence-corrected chi connectivity index (χ0v) is 78.0. The largest absolute Gasteiger partial charge is 0.364 e. The van der Waals surface area contributed by atoms with Gasteiger partial charge in [-0.2, -0.15) is 0 Å². The van der Waals surface area contributed by atoms with Crippen molar-refractivity contribution in [3.63, 3.8) is 0 Å². The average Bonchev–Trinajstić information content (AvgIpc) is 0.789. The SMILES string of the molecule is CC(C)n1c(=O)[nH]c2c(c1=O)C[C@@H](C)[C@H](c1ccccc1)N2.CC(C)n1c(=O)[nH]c2c(c1=O)C[C@H](C)[C@H](c1ccccc1)N2.CCn1c(=O)[nH]c2c(c1=O)CC[C@H](c1ccccc1Cl)N2.Cc1cccc([C@@H]2CCc3c([nH]c(=O)n(C(C)C)c3=O)N2)c1.Cc1cccc([C@H]2CCc3c([nH]c(=O)n(C(C)C)c3=O)N2)c1.Cc1ccccc1[C@H]1CCc2c([nH]c(=O)n(C(C)C)c2=O)N1. The van der Waals surface area contributed by atoms with Crippen LogP contribution in [0.2, 0.25) is 5.02 Å². The van der Waals surface area contributed by atoms with Crippen LogP contribution in [-0.4, -0.2) is 57.3 Å². The Morgan fingerprint density at radius 2 is 0.595 bits per heavy atom. The van der Waals surface area contributed by atoms with Gasteiger partial charge in [-0.1, -0.05) is 188 Å². The Hall–Kier alpha value is -13.5. The van der Waals surface area contributed by atoms with Crippen molar-refractivity contribution in [2.75, 3.05) is 31.9 Å². The fourth-order valence-electron chi connectivity index (χ4n) is 18.5. The van der Waals surface area contributed by atoms with E-state index in [9.17, 15) is 57.5 Å². The first-order chi connectivity index (χ1) is 62.5. The van der Waals surface area contributed by atoms with Crippen molar-refractivity contribution in [1.82, 2.24) is 57.3 Å². The first kappa shape index (κ1) is 95.1. The fraction of sp³-hybridized carbons (Fsp3) is 0.400. The summed E-state index contributed by atoms with van der Waals surface area (Å²) in [5.41, 5.74) is 11.3. The number of benzene rings is 6. The molecular weight excluding hydrogens is 1680 g/mol. The first-order valence-electron chi connectivity index (χ1n) is 45.4. The van der Waals surface area contributed by atoms with Gasteiger partial charge in [0.25, 0.3) is 33.4 Å². The van der Waals surface area contributed by atoms with Gasteiger partial charge in [-0.3, -0.25) is 86.1 Å². The van der Waals surface area contributed by atoms with Crippen molar-refractivity contribution in [2.45, 2.75) is 248 Å². The molecule has 12 aromatic rings. The number of hydrogen-bond acceptors (Lipinski definition) is 18. The third kappa shape index (κ3) is 20.9. The molecule has 18 rings (SSSR count). The van der Waals surface area contributed by atoms with E-state index in [1.165, 1.54) is 60.8 Å². The lowest BCUT2D eigenvalue weighted by molar-refractivity contribution is 0.458. The lowest BCUT2D eigenvalue weighted by Crippen LogP contribution is -2.42. The molecule has 31 heteroatoms. The second kappa shape index (κ2) is 41.1. The molecule has 6 aromatic heterocycles. The second-order valence-electron chi connectivity index (χ2n) is 36.2. The molecule has 12 N–H and O–H groups in total. The van der Waals surface area contributed by atoms with Crippen LogP contribution in [0.1, 0.15) is 266 Å². The number of aryl methyl sites for hydroxylation is 3. The Labute approximate surface area is 762 Å². The molecule has 0 saturated heterocycles. The van der Waals surface area contributed by atoms with E-state index >= 15 is 0 Å². The fourth-order valence-corrected chi connectivity index (χ4v) is 18.7.